The van der Waals surface area contributed by atoms with E-state index < -0.39 is 11.9 Å². The maximum atomic E-state index is 11.3. The molecule has 0 amide bonds. The van der Waals surface area contributed by atoms with Crippen molar-refractivity contribution >= 4 is 11.9 Å². The van der Waals surface area contributed by atoms with Gasteiger partial charge in [0.25, 0.3) is 0 Å². The van der Waals surface area contributed by atoms with Crippen LogP contribution in [0.1, 0.15) is 53.4 Å². The molecule has 0 aromatic carbocycles. The predicted octanol–water partition coefficient (Wildman–Crippen LogP) is 3.50. The Labute approximate surface area is 122 Å². The van der Waals surface area contributed by atoms with Crippen LogP contribution in [-0.4, -0.2) is 25.2 Å². The van der Waals surface area contributed by atoms with E-state index in [0.29, 0.717) is 25.0 Å². The van der Waals surface area contributed by atoms with Crippen molar-refractivity contribution < 1.29 is 19.1 Å². The van der Waals surface area contributed by atoms with Crippen LogP contribution in [0.5, 0.6) is 0 Å². The van der Waals surface area contributed by atoms with Crippen LogP contribution >= 0.6 is 0 Å². The van der Waals surface area contributed by atoms with Crippen LogP contribution < -0.4 is 0 Å². The molecule has 0 aliphatic carbocycles. The van der Waals surface area contributed by atoms with Crippen LogP contribution in [0.4, 0.5) is 0 Å². The average Bonchev–Trinajstić information content (AvgIpc) is 2.37. The molecule has 0 bridgehead atoms. The molecule has 0 saturated heterocycles. The van der Waals surface area contributed by atoms with Gasteiger partial charge in [0.2, 0.25) is 0 Å². The molecule has 116 valence electrons. The maximum Gasteiger partial charge on any atom is 0.331 e. The van der Waals surface area contributed by atoms with Gasteiger partial charge in [-0.3, -0.25) is 0 Å². The van der Waals surface area contributed by atoms with E-state index in [4.69, 9.17) is 9.47 Å². The molecule has 0 saturated carbocycles. The largest absolute Gasteiger partial charge is 0.463 e. The summed E-state index contributed by atoms with van der Waals surface area (Å²) in [4.78, 5) is 22.6. The molecule has 0 heterocycles. The molecule has 0 atom stereocenters. The van der Waals surface area contributed by atoms with Crippen molar-refractivity contribution in [1.29, 1.82) is 0 Å². The lowest BCUT2D eigenvalue weighted by Crippen LogP contribution is -2.07. The zero-order valence-electron chi connectivity index (χ0n) is 13.2. The first-order valence-corrected chi connectivity index (χ1v) is 7.43. The smallest absolute Gasteiger partial charge is 0.331 e. The molecule has 0 rings (SSSR count). The summed E-state index contributed by atoms with van der Waals surface area (Å²) in [7, 11) is 0. The fourth-order valence-corrected chi connectivity index (χ4v) is 1.56. The molecule has 0 unspecified atom stereocenters. The van der Waals surface area contributed by atoms with E-state index in [0.717, 1.165) is 37.8 Å². The number of esters is 2. The molecule has 0 spiro atoms. The van der Waals surface area contributed by atoms with E-state index >= 15 is 0 Å². The zero-order chi connectivity index (χ0) is 15.4. The Morgan fingerprint density at radius 1 is 0.800 bits per heavy atom. The highest BCUT2D eigenvalue weighted by molar-refractivity contribution is 5.91. The van der Waals surface area contributed by atoms with Gasteiger partial charge in [0.15, 0.2) is 0 Å². The first kappa shape index (κ1) is 18.7. The quantitative estimate of drug-likeness (QED) is 0.350. The van der Waals surface area contributed by atoms with E-state index in [9.17, 15) is 9.59 Å². The van der Waals surface area contributed by atoms with Gasteiger partial charge in [-0.2, -0.15) is 0 Å². The Balaban J connectivity index is 3.64. The third-order valence-electron chi connectivity index (χ3n) is 2.70. The Kier molecular flexibility index (Phi) is 10.7. The zero-order valence-corrected chi connectivity index (χ0v) is 13.2. The standard InChI is InChI=1S/C16H28O4/c1-13(2)7-5-11-19-15(17)9-10-16(18)20-12-6-8-14(3)4/h9-10,13-14H,5-8,11-12H2,1-4H3/b10-9+. The van der Waals surface area contributed by atoms with Gasteiger partial charge in [0.05, 0.1) is 13.2 Å². The monoisotopic (exact) mass is 284 g/mol. The highest BCUT2D eigenvalue weighted by atomic mass is 16.5. The van der Waals surface area contributed by atoms with E-state index in [-0.39, 0.29) is 0 Å². The Morgan fingerprint density at radius 3 is 1.45 bits per heavy atom. The lowest BCUT2D eigenvalue weighted by Gasteiger charge is -2.05. The van der Waals surface area contributed by atoms with Crippen LogP contribution in [-0.2, 0) is 19.1 Å². The third-order valence-corrected chi connectivity index (χ3v) is 2.70. The number of rotatable bonds is 10. The number of carbonyl (C=O) groups excluding carboxylic acids is 2. The van der Waals surface area contributed by atoms with Crippen molar-refractivity contribution in [3.05, 3.63) is 12.2 Å². The van der Waals surface area contributed by atoms with Gasteiger partial charge < -0.3 is 9.47 Å². The summed E-state index contributed by atoms with van der Waals surface area (Å²) < 4.78 is 9.93. The van der Waals surface area contributed by atoms with Gasteiger partial charge in [0, 0.05) is 12.2 Å². The molecule has 0 aromatic heterocycles. The lowest BCUT2D eigenvalue weighted by atomic mass is 10.1. The summed E-state index contributed by atoms with van der Waals surface area (Å²) in [6.07, 6.45) is 5.98. The van der Waals surface area contributed by atoms with E-state index in [1.54, 1.807) is 0 Å². The highest BCUT2D eigenvalue weighted by Gasteiger charge is 2.02. The predicted molar refractivity (Wildman–Crippen MR) is 79.2 cm³/mol. The molecule has 0 N–H and O–H groups in total. The molecular weight excluding hydrogens is 256 g/mol. The normalized spacial score (nSPS) is 11.3. The molecular formula is C16H28O4. The Hall–Kier alpha value is -1.32. The van der Waals surface area contributed by atoms with E-state index in [2.05, 4.69) is 27.7 Å². The Bertz CT molecular complexity index is 276. The van der Waals surface area contributed by atoms with Crippen LogP contribution in [0.2, 0.25) is 0 Å². The molecule has 0 aromatic rings. The number of carbonyl (C=O) groups is 2. The van der Waals surface area contributed by atoms with Crippen molar-refractivity contribution in [3.8, 4) is 0 Å². The molecule has 0 radical (unpaired) electrons. The fourth-order valence-electron chi connectivity index (χ4n) is 1.56. The average molecular weight is 284 g/mol. The first-order valence-electron chi connectivity index (χ1n) is 7.43. The lowest BCUT2D eigenvalue weighted by molar-refractivity contribution is -0.140. The van der Waals surface area contributed by atoms with Gasteiger partial charge in [-0.25, -0.2) is 9.59 Å². The summed E-state index contributed by atoms with van der Waals surface area (Å²) in [6, 6.07) is 0. The number of hydrogen-bond donors (Lipinski definition) is 0. The molecule has 20 heavy (non-hydrogen) atoms. The molecule has 0 fully saturated rings. The summed E-state index contributed by atoms with van der Waals surface area (Å²) in [5, 5.41) is 0. The fraction of sp³-hybridized carbons (Fsp3) is 0.750. The molecule has 4 heteroatoms. The third kappa shape index (κ3) is 13.1. The van der Waals surface area contributed by atoms with Crippen LogP contribution in [0.25, 0.3) is 0 Å². The number of hydrogen-bond acceptors (Lipinski definition) is 4. The van der Waals surface area contributed by atoms with Gasteiger partial charge in [0.1, 0.15) is 0 Å². The van der Waals surface area contributed by atoms with Crippen molar-refractivity contribution in [3.63, 3.8) is 0 Å². The van der Waals surface area contributed by atoms with Gasteiger partial charge in [-0.15, -0.1) is 0 Å². The minimum atomic E-state index is -0.493. The van der Waals surface area contributed by atoms with Crippen molar-refractivity contribution in [2.24, 2.45) is 11.8 Å². The van der Waals surface area contributed by atoms with Gasteiger partial charge in [-0.05, 0) is 37.5 Å². The van der Waals surface area contributed by atoms with Gasteiger partial charge in [-0.1, -0.05) is 27.7 Å². The second-order valence-electron chi connectivity index (χ2n) is 5.74. The summed E-state index contributed by atoms with van der Waals surface area (Å²) >= 11 is 0. The summed E-state index contributed by atoms with van der Waals surface area (Å²) in [5.41, 5.74) is 0. The second kappa shape index (κ2) is 11.5. The van der Waals surface area contributed by atoms with E-state index in [1.807, 2.05) is 0 Å². The SMILES string of the molecule is CC(C)CCCOC(=O)/C=C/C(=O)OCCCC(C)C. The maximum absolute atomic E-state index is 11.3. The number of ether oxygens (including phenoxy) is 2. The van der Waals surface area contributed by atoms with Gasteiger partial charge >= 0.3 is 11.9 Å². The van der Waals surface area contributed by atoms with Crippen molar-refractivity contribution in [2.45, 2.75) is 53.4 Å². The second-order valence-corrected chi connectivity index (χ2v) is 5.74. The van der Waals surface area contributed by atoms with Crippen molar-refractivity contribution in [2.75, 3.05) is 13.2 Å². The first-order chi connectivity index (χ1) is 9.41. The van der Waals surface area contributed by atoms with Crippen LogP contribution in [0.3, 0.4) is 0 Å². The summed E-state index contributed by atoms with van der Waals surface area (Å²) in [6.45, 7) is 9.28. The minimum absolute atomic E-state index is 0.394. The van der Waals surface area contributed by atoms with Crippen LogP contribution in [0, 0.1) is 11.8 Å². The minimum Gasteiger partial charge on any atom is -0.463 e. The van der Waals surface area contributed by atoms with E-state index in [1.165, 1.54) is 0 Å². The topological polar surface area (TPSA) is 52.6 Å². The molecule has 0 aliphatic rings. The molecule has 4 nitrogen and oxygen atoms in total. The molecule has 0 aliphatic heterocycles. The highest BCUT2D eigenvalue weighted by Crippen LogP contribution is 2.04. The van der Waals surface area contributed by atoms with Crippen molar-refractivity contribution in [1.82, 2.24) is 0 Å². The Morgan fingerprint density at radius 2 is 1.15 bits per heavy atom. The summed E-state index contributed by atoms with van der Waals surface area (Å²) in [5.74, 6) is 0.218. The van der Waals surface area contributed by atoms with Crippen LogP contribution in [0.15, 0.2) is 12.2 Å².